The first-order chi connectivity index (χ1) is 16.0. The number of para-hydroxylation sites is 1. The summed E-state index contributed by atoms with van der Waals surface area (Å²) >= 11 is 0. The number of benzene rings is 3. The standard InChI is InChI=1S/C26H25NO6/c1-31-25(29)23(15-16-24(28)20-10-4-2-5-11-20)27-26(30)32-18-19-9-8-14-22(17-19)33-21-12-6-3-7-13-21/h2-14,17,23H,15-16,18H2,1H3,(H,27,30). The van der Waals surface area contributed by atoms with Gasteiger partial charge in [-0.05, 0) is 36.2 Å². The van der Waals surface area contributed by atoms with Gasteiger partial charge in [0.15, 0.2) is 5.78 Å². The molecule has 0 bridgehead atoms. The van der Waals surface area contributed by atoms with E-state index in [4.69, 9.17) is 14.2 Å². The fraction of sp³-hybridized carbons (Fsp3) is 0.192. The third-order valence-corrected chi connectivity index (χ3v) is 4.78. The van der Waals surface area contributed by atoms with Gasteiger partial charge < -0.3 is 19.5 Å². The van der Waals surface area contributed by atoms with Gasteiger partial charge in [0.05, 0.1) is 7.11 Å². The van der Waals surface area contributed by atoms with Crippen LogP contribution in [0.2, 0.25) is 0 Å². The minimum absolute atomic E-state index is 0.0192. The molecule has 0 spiro atoms. The molecular formula is C26H25NO6. The summed E-state index contributed by atoms with van der Waals surface area (Å²) in [5, 5.41) is 2.48. The molecule has 0 aliphatic rings. The van der Waals surface area contributed by atoms with Crippen molar-refractivity contribution < 1.29 is 28.6 Å². The lowest BCUT2D eigenvalue weighted by atomic mass is 10.0. The second-order valence-corrected chi connectivity index (χ2v) is 7.19. The Morgan fingerprint density at radius 2 is 1.52 bits per heavy atom. The lowest BCUT2D eigenvalue weighted by molar-refractivity contribution is -0.143. The number of hydrogen-bond donors (Lipinski definition) is 1. The van der Waals surface area contributed by atoms with Gasteiger partial charge in [0, 0.05) is 12.0 Å². The number of rotatable bonds is 10. The fourth-order valence-electron chi connectivity index (χ4n) is 3.09. The largest absolute Gasteiger partial charge is 0.467 e. The van der Waals surface area contributed by atoms with Gasteiger partial charge in [-0.1, -0.05) is 60.7 Å². The highest BCUT2D eigenvalue weighted by atomic mass is 16.6. The molecule has 33 heavy (non-hydrogen) atoms. The molecule has 0 saturated heterocycles. The van der Waals surface area contributed by atoms with Crippen LogP contribution in [0.4, 0.5) is 4.79 Å². The molecular weight excluding hydrogens is 422 g/mol. The number of nitrogens with one attached hydrogen (secondary N) is 1. The number of carbonyl (C=O) groups is 3. The van der Waals surface area contributed by atoms with Crippen molar-refractivity contribution in [2.24, 2.45) is 0 Å². The van der Waals surface area contributed by atoms with Crippen molar-refractivity contribution in [2.45, 2.75) is 25.5 Å². The van der Waals surface area contributed by atoms with Crippen molar-refractivity contribution in [3.05, 3.63) is 96.1 Å². The summed E-state index contributed by atoms with van der Waals surface area (Å²) in [4.78, 5) is 36.7. The van der Waals surface area contributed by atoms with E-state index < -0.39 is 18.1 Å². The zero-order valence-corrected chi connectivity index (χ0v) is 18.2. The maximum Gasteiger partial charge on any atom is 0.408 e. The average Bonchev–Trinajstić information content (AvgIpc) is 2.86. The van der Waals surface area contributed by atoms with E-state index in [1.807, 2.05) is 36.4 Å². The van der Waals surface area contributed by atoms with Gasteiger partial charge >= 0.3 is 12.1 Å². The smallest absolute Gasteiger partial charge is 0.408 e. The van der Waals surface area contributed by atoms with Crippen LogP contribution in [-0.2, 0) is 20.9 Å². The quantitative estimate of drug-likeness (QED) is 0.351. The summed E-state index contributed by atoms with van der Waals surface area (Å²) in [6.07, 6.45) is -0.620. The zero-order chi connectivity index (χ0) is 23.5. The highest BCUT2D eigenvalue weighted by Gasteiger charge is 2.23. The predicted octanol–water partition coefficient (Wildman–Crippen LogP) is 4.91. The normalized spacial score (nSPS) is 11.2. The van der Waals surface area contributed by atoms with E-state index >= 15 is 0 Å². The van der Waals surface area contributed by atoms with Crippen LogP contribution in [0.25, 0.3) is 0 Å². The fourth-order valence-corrected chi connectivity index (χ4v) is 3.09. The van der Waals surface area contributed by atoms with Gasteiger partial charge in [-0.15, -0.1) is 0 Å². The molecule has 1 atom stereocenters. The van der Waals surface area contributed by atoms with Crippen LogP contribution in [0, 0.1) is 0 Å². The monoisotopic (exact) mass is 447 g/mol. The highest BCUT2D eigenvalue weighted by Crippen LogP contribution is 2.22. The van der Waals surface area contributed by atoms with Crippen molar-refractivity contribution in [3.63, 3.8) is 0 Å². The van der Waals surface area contributed by atoms with Crippen LogP contribution < -0.4 is 10.1 Å². The SMILES string of the molecule is COC(=O)C(CCC(=O)c1ccccc1)NC(=O)OCc1cccc(Oc2ccccc2)c1. The minimum atomic E-state index is -0.997. The number of amides is 1. The molecule has 3 aromatic rings. The third-order valence-electron chi connectivity index (χ3n) is 4.78. The molecule has 7 heteroatoms. The van der Waals surface area contributed by atoms with Gasteiger partial charge in [-0.2, -0.15) is 0 Å². The zero-order valence-electron chi connectivity index (χ0n) is 18.2. The van der Waals surface area contributed by atoms with E-state index in [1.165, 1.54) is 7.11 Å². The van der Waals surface area contributed by atoms with E-state index in [0.717, 1.165) is 0 Å². The summed E-state index contributed by atoms with van der Waals surface area (Å²) in [5.74, 6) is 0.523. The predicted molar refractivity (Wildman–Crippen MR) is 122 cm³/mol. The Balaban J connectivity index is 1.52. The number of esters is 1. The lowest BCUT2D eigenvalue weighted by Gasteiger charge is -2.16. The Hall–Kier alpha value is -4.13. The molecule has 1 amide bonds. The Labute approximate surface area is 192 Å². The van der Waals surface area contributed by atoms with Gasteiger partial charge in [-0.25, -0.2) is 9.59 Å². The van der Waals surface area contributed by atoms with Crippen LogP contribution in [0.1, 0.15) is 28.8 Å². The second kappa shape index (κ2) is 12.0. The molecule has 3 aromatic carbocycles. The first-order valence-corrected chi connectivity index (χ1v) is 10.5. The molecule has 1 unspecified atom stereocenters. The molecule has 0 aliphatic carbocycles. The Kier molecular flexibility index (Phi) is 8.59. The average molecular weight is 447 g/mol. The topological polar surface area (TPSA) is 90.9 Å². The molecule has 0 aromatic heterocycles. The molecule has 170 valence electrons. The van der Waals surface area contributed by atoms with Crippen LogP contribution in [-0.4, -0.2) is 31.0 Å². The van der Waals surface area contributed by atoms with Crippen molar-refractivity contribution in [2.75, 3.05) is 7.11 Å². The molecule has 0 saturated carbocycles. The van der Waals surface area contributed by atoms with E-state index in [1.54, 1.807) is 48.5 Å². The number of Topliss-reactive ketones (excluding diaryl/α,β-unsaturated/α-hetero) is 1. The maximum atomic E-state index is 12.3. The summed E-state index contributed by atoms with van der Waals surface area (Å²) in [6, 6.07) is 24.2. The summed E-state index contributed by atoms with van der Waals surface area (Å²) in [7, 11) is 1.22. The van der Waals surface area contributed by atoms with E-state index in [2.05, 4.69) is 5.32 Å². The van der Waals surface area contributed by atoms with Crippen LogP contribution in [0.15, 0.2) is 84.9 Å². The molecule has 0 fully saturated rings. The number of methoxy groups -OCH3 is 1. The minimum Gasteiger partial charge on any atom is -0.467 e. The molecule has 3 rings (SSSR count). The van der Waals surface area contributed by atoms with E-state index in [0.29, 0.717) is 22.6 Å². The van der Waals surface area contributed by atoms with E-state index in [-0.39, 0.29) is 25.2 Å². The van der Waals surface area contributed by atoms with Crippen LogP contribution in [0.5, 0.6) is 11.5 Å². The maximum absolute atomic E-state index is 12.3. The molecule has 0 heterocycles. The van der Waals surface area contributed by atoms with Crippen molar-refractivity contribution >= 4 is 17.8 Å². The lowest BCUT2D eigenvalue weighted by Crippen LogP contribution is -2.42. The van der Waals surface area contributed by atoms with Crippen molar-refractivity contribution in [3.8, 4) is 11.5 Å². The Morgan fingerprint density at radius 1 is 0.848 bits per heavy atom. The number of carbonyl (C=O) groups excluding carboxylic acids is 3. The molecule has 0 radical (unpaired) electrons. The van der Waals surface area contributed by atoms with Gasteiger partial charge in [0.25, 0.3) is 0 Å². The first-order valence-electron chi connectivity index (χ1n) is 10.5. The van der Waals surface area contributed by atoms with Gasteiger partial charge in [-0.3, -0.25) is 4.79 Å². The number of ketones is 1. The Morgan fingerprint density at radius 3 is 2.21 bits per heavy atom. The third kappa shape index (κ3) is 7.50. The Bertz CT molecular complexity index is 1070. The van der Waals surface area contributed by atoms with E-state index in [9.17, 15) is 14.4 Å². The van der Waals surface area contributed by atoms with Crippen molar-refractivity contribution in [1.29, 1.82) is 0 Å². The van der Waals surface area contributed by atoms with Crippen LogP contribution >= 0.6 is 0 Å². The van der Waals surface area contributed by atoms with Gasteiger partial charge in [0.1, 0.15) is 24.1 Å². The number of hydrogen-bond acceptors (Lipinski definition) is 6. The molecule has 0 aliphatic heterocycles. The summed E-state index contributed by atoms with van der Waals surface area (Å²) < 4.78 is 15.8. The second-order valence-electron chi connectivity index (χ2n) is 7.19. The highest BCUT2D eigenvalue weighted by molar-refractivity contribution is 5.96. The number of ether oxygens (including phenoxy) is 3. The van der Waals surface area contributed by atoms with Crippen LogP contribution in [0.3, 0.4) is 0 Å². The molecule has 7 nitrogen and oxygen atoms in total. The number of alkyl carbamates (subject to hydrolysis) is 1. The summed E-state index contributed by atoms with van der Waals surface area (Å²) in [6.45, 7) is -0.0192. The van der Waals surface area contributed by atoms with Gasteiger partial charge in [0.2, 0.25) is 0 Å². The first kappa shape index (κ1) is 23.5. The summed E-state index contributed by atoms with van der Waals surface area (Å²) in [5.41, 5.74) is 1.26. The molecule has 1 N–H and O–H groups in total. The van der Waals surface area contributed by atoms with Crippen molar-refractivity contribution in [1.82, 2.24) is 5.32 Å².